The summed E-state index contributed by atoms with van der Waals surface area (Å²) in [5.41, 5.74) is 0.347. The molecule has 0 saturated heterocycles. The van der Waals surface area contributed by atoms with Crippen molar-refractivity contribution in [2.45, 2.75) is 24.8 Å². The molecule has 0 aliphatic rings. The van der Waals surface area contributed by atoms with Crippen LogP contribution in [-0.2, 0) is 0 Å². The molecule has 0 amide bonds. The average Bonchev–Trinajstić information content (AvgIpc) is 2.63. The number of aromatic amines is 1. The summed E-state index contributed by atoms with van der Waals surface area (Å²) in [6.07, 6.45) is 3.71. The first-order valence-corrected chi connectivity index (χ1v) is 5.86. The Balaban J connectivity index is 2.24. The van der Waals surface area contributed by atoms with Gasteiger partial charge < -0.3 is 0 Å². The van der Waals surface area contributed by atoms with E-state index in [1.54, 1.807) is 11.8 Å². The zero-order chi connectivity index (χ0) is 10.7. The van der Waals surface area contributed by atoms with Crippen molar-refractivity contribution in [3.8, 4) is 0 Å². The smallest absolute Gasteiger partial charge is 0.296 e. The van der Waals surface area contributed by atoms with Crippen molar-refractivity contribution in [2.24, 2.45) is 0 Å². The molecule has 6 heteroatoms. The quantitative estimate of drug-likeness (QED) is 0.628. The molecule has 2 heterocycles. The summed E-state index contributed by atoms with van der Waals surface area (Å²) < 4.78 is 1.29. The Hall–Kier alpha value is -1.30. The van der Waals surface area contributed by atoms with Gasteiger partial charge in [-0.1, -0.05) is 13.3 Å². The Morgan fingerprint density at radius 2 is 2.47 bits per heavy atom. The fourth-order valence-electron chi connectivity index (χ4n) is 1.20. The molecule has 5 nitrogen and oxygen atoms in total. The Bertz CT molecular complexity index is 504. The van der Waals surface area contributed by atoms with Crippen molar-refractivity contribution >= 4 is 17.4 Å². The number of thioether (sulfide) groups is 1. The van der Waals surface area contributed by atoms with Crippen molar-refractivity contribution < 1.29 is 0 Å². The molecule has 2 aromatic rings. The third kappa shape index (κ3) is 2.20. The second-order valence-electron chi connectivity index (χ2n) is 3.16. The molecule has 0 bridgehead atoms. The molecule has 2 rings (SSSR count). The van der Waals surface area contributed by atoms with E-state index in [9.17, 15) is 4.79 Å². The van der Waals surface area contributed by atoms with E-state index in [1.807, 2.05) is 6.07 Å². The van der Waals surface area contributed by atoms with Crippen molar-refractivity contribution in [1.29, 1.82) is 0 Å². The van der Waals surface area contributed by atoms with E-state index in [4.69, 9.17) is 0 Å². The van der Waals surface area contributed by atoms with Crippen LogP contribution in [-0.4, -0.2) is 25.3 Å². The number of nitrogens with zero attached hydrogens (tertiary/aromatic N) is 3. The topological polar surface area (TPSA) is 63.0 Å². The molecule has 0 saturated carbocycles. The van der Waals surface area contributed by atoms with Gasteiger partial charge in [-0.25, -0.2) is 9.78 Å². The van der Waals surface area contributed by atoms with E-state index in [0.717, 1.165) is 17.2 Å². The summed E-state index contributed by atoms with van der Waals surface area (Å²) >= 11 is 1.65. The van der Waals surface area contributed by atoms with E-state index in [0.29, 0.717) is 5.65 Å². The third-order valence-electron chi connectivity index (χ3n) is 1.99. The highest BCUT2D eigenvalue weighted by molar-refractivity contribution is 7.99. The van der Waals surface area contributed by atoms with Gasteiger partial charge in [0, 0.05) is 6.07 Å². The van der Waals surface area contributed by atoms with Gasteiger partial charge in [-0.15, -0.1) is 11.8 Å². The van der Waals surface area contributed by atoms with Crippen LogP contribution in [0.4, 0.5) is 0 Å². The van der Waals surface area contributed by atoms with Gasteiger partial charge in [0.1, 0.15) is 5.03 Å². The summed E-state index contributed by atoms with van der Waals surface area (Å²) in [5.74, 6) is 1.03. The van der Waals surface area contributed by atoms with E-state index in [-0.39, 0.29) is 5.69 Å². The van der Waals surface area contributed by atoms with Gasteiger partial charge in [-0.05, 0) is 12.2 Å². The first kappa shape index (κ1) is 10.2. The SMILES string of the molecule is CCCCSc1cc2nc[nH]c(=O)n2n1. The summed E-state index contributed by atoms with van der Waals surface area (Å²) in [4.78, 5) is 17.8. The van der Waals surface area contributed by atoms with Crippen LogP contribution < -0.4 is 5.69 Å². The molecule has 0 fully saturated rings. The molecule has 0 atom stereocenters. The maximum absolute atomic E-state index is 11.3. The third-order valence-corrected chi connectivity index (χ3v) is 2.98. The number of H-pyrrole nitrogens is 1. The highest BCUT2D eigenvalue weighted by atomic mass is 32.2. The molecule has 0 radical (unpaired) electrons. The molecule has 0 aromatic carbocycles. The Morgan fingerprint density at radius 3 is 3.20 bits per heavy atom. The number of hydrogen-bond donors (Lipinski definition) is 1. The van der Waals surface area contributed by atoms with Gasteiger partial charge in [0.05, 0.1) is 6.33 Å². The van der Waals surface area contributed by atoms with Crippen LogP contribution in [0.25, 0.3) is 5.65 Å². The molecular formula is C9H12N4OS. The average molecular weight is 224 g/mol. The number of aromatic nitrogens is 4. The lowest BCUT2D eigenvalue weighted by molar-refractivity contribution is 0.808. The van der Waals surface area contributed by atoms with Crippen molar-refractivity contribution in [3.63, 3.8) is 0 Å². The predicted molar refractivity (Wildman–Crippen MR) is 59.2 cm³/mol. The van der Waals surface area contributed by atoms with Crippen LogP contribution in [0.1, 0.15) is 19.8 Å². The molecule has 0 aliphatic carbocycles. The lowest BCUT2D eigenvalue weighted by atomic mass is 10.4. The van der Waals surface area contributed by atoms with Crippen molar-refractivity contribution in [1.82, 2.24) is 19.6 Å². The highest BCUT2D eigenvalue weighted by Crippen LogP contribution is 2.17. The van der Waals surface area contributed by atoms with Crippen molar-refractivity contribution in [3.05, 3.63) is 22.9 Å². The molecule has 0 spiro atoms. The number of hydrogen-bond acceptors (Lipinski definition) is 4. The zero-order valence-electron chi connectivity index (χ0n) is 8.43. The summed E-state index contributed by atoms with van der Waals surface area (Å²) in [7, 11) is 0. The second kappa shape index (κ2) is 4.48. The Morgan fingerprint density at radius 1 is 1.60 bits per heavy atom. The van der Waals surface area contributed by atoms with Crippen LogP contribution in [0, 0.1) is 0 Å². The second-order valence-corrected chi connectivity index (χ2v) is 4.28. The minimum atomic E-state index is -0.248. The van der Waals surface area contributed by atoms with Crippen LogP contribution in [0.3, 0.4) is 0 Å². The van der Waals surface area contributed by atoms with E-state index < -0.39 is 0 Å². The number of fused-ring (bicyclic) bond motifs is 1. The van der Waals surface area contributed by atoms with Crippen LogP contribution in [0.5, 0.6) is 0 Å². The highest BCUT2D eigenvalue weighted by Gasteiger charge is 2.04. The first-order valence-electron chi connectivity index (χ1n) is 4.87. The molecule has 80 valence electrons. The Labute approximate surface area is 90.9 Å². The molecule has 2 aromatic heterocycles. The van der Waals surface area contributed by atoms with Crippen LogP contribution in [0.2, 0.25) is 0 Å². The first-order chi connectivity index (χ1) is 7.31. The monoisotopic (exact) mass is 224 g/mol. The van der Waals surface area contributed by atoms with Gasteiger partial charge in [-0.2, -0.15) is 9.61 Å². The largest absolute Gasteiger partial charge is 0.349 e. The predicted octanol–water partition coefficient (Wildman–Crippen LogP) is 1.31. The fraction of sp³-hybridized carbons (Fsp3) is 0.444. The van der Waals surface area contributed by atoms with Gasteiger partial charge in [0.2, 0.25) is 0 Å². The maximum Gasteiger partial charge on any atom is 0.349 e. The molecule has 0 unspecified atom stereocenters. The number of rotatable bonds is 4. The molecule has 15 heavy (non-hydrogen) atoms. The Kier molecular flexibility index (Phi) is 3.05. The van der Waals surface area contributed by atoms with Gasteiger partial charge in [-0.3, -0.25) is 4.98 Å². The lowest BCUT2D eigenvalue weighted by Gasteiger charge is -1.92. The summed E-state index contributed by atoms with van der Waals surface area (Å²) in [5, 5.41) is 5.01. The summed E-state index contributed by atoms with van der Waals surface area (Å²) in [6, 6.07) is 1.83. The standard InChI is InChI=1S/C9H12N4OS/c1-2-3-4-15-8-5-7-10-6-11-9(14)13(7)12-8/h5-6H,2-4H2,1H3,(H,10,11,14). The van der Waals surface area contributed by atoms with Gasteiger partial charge in [0.25, 0.3) is 0 Å². The molecular weight excluding hydrogens is 212 g/mol. The fourth-order valence-corrected chi connectivity index (χ4v) is 2.17. The van der Waals surface area contributed by atoms with Crippen LogP contribution >= 0.6 is 11.8 Å². The van der Waals surface area contributed by atoms with E-state index in [1.165, 1.54) is 17.3 Å². The van der Waals surface area contributed by atoms with Gasteiger partial charge >= 0.3 is 5.69 Å². The van der Waals surface area contributed by atoms with E-state index in [2.05, 4.69) is 22.0 Å². The summed E-state index contributed by atoms with van der Waals surface area (Å²) in [6.45, 7) is 2.15. The zero-order valence-corrected chi connectivity index (χ0v) is 9.25. The molecule has 0 aliphatic heterocycles. The number of unbranched alkanes of at least 4 members (excludes halogenated alkanes) is 1. The van der Waals surface area contributed by atoms with Crippen molar-refractivity contribution in [2.75, 3.05) is 5.75 Å². The van der Waals surface area contributed by atoms with Gasteiger partial charge in [0.15, 0.2) is 5.65 Å². The molecule has 1 N–H and O–H groups in total. The normalized spacial score (nSPS) is 11.0. The van der Waals surface area contributed by atoms with Crippen LogP contribution in [0.15, 0.2) is 22.2 Å². The maximum atomic E-state index is 11.3. The minimum Gasteiger partial charge on any atom is -0.296 e. The van der Waals surface area contributed by atoms with E-state index >= 15 is 0 Å². The number of nitrogens with one attached hydrogen (secondary N) is 1. The minimum absolute atomic E-state index is 0.248. The lowest BCUT2D eigenvalue weighted by Crippen LogP contribution is -2.17.